The fraction of sp³-hybridized carbons (Fsp3) is 0.370. The van der Waals surface area contributed by atoms with Crippen LogP contribution in [0.2, 0.25) is 0 Å². The molecule has 0 radical (unpaired) electrons. The van der Waals surface area contributed by atoms with Crippen LogP contribution < -0.4 is 23.7 Å². The van der Waals surface area contributed by atoms with Gasteiger partial charge in [0.05, 0.1) is 40.2 Å². The summed E-state index contributed by atoms with van der Waals surface area (Å²) in [5.41, 5.74) is 2.38. The van der Waals surface area contributed by atoms with E-state index >= 15 is 0 Å². The Labute approximate surface area is 218 Å². The molecule has 0 saturated carbocycles. The molecule has 0 spiro atoms. The van der Waals surface area contributed by atoms with Crippen LogP contribution in [0.1, 0.15) is 39.2 Å². The average Bonchev–Trinajstić information content (AvgIpc) is 3.66. The molecule has 11 nitrogen and oxygen atoms in total. The van der Waals surface area contributed by atoms with Crippen molar-refractivity contribution in [2.45, 2.75) is 12.0 Å². The topological polar surface area (TPSA) is 117 Å². The number of hydrogen-bond acceptors (Lipinski definition) is 10. The molecule has 3 heterocycles. The molecule has 0 amide bonds. The lowest BCUT2D eigenvalue weighted by atomic mass is 9.66. The third kappa shape index (κ3) is 3.68. The number of nitrogens with zero attached hydrogens (tertiary/aromatic N) is 2. The summed E-state index contributed by atoms with van der Waals surface area (Å²) in [6, 6.07) is 7.31. The smallest absolute Gasteiger partial charge is 0.359 e. The van der Waals surface area contributed by atoms with E-state index in [4.69, 9.17) is 33.2 Å². The highest BCUT2D eigenvalue weighted by Gasteiger charge is 2.54. The van der Waals surface area contributed by atoms with Crippen molar-refractivity contribution >= 4 is 11.9 Å². The molecule has 0 bridgehead atoms. The van der Waals surface area contributed by atoms with E-state index in [0.29, 0.717) is 34.3 Å². The number of cyclic esters (lactones) is 1. The molecular formula is C27H26N2O9. The van der Waals surface area contributed by atoms with Gasteiger partial charge in [0, 0.05) is 30.6 Å². The Kier molecular flexibility index (Phi) is 5.77. The number of aryl methyl sites for hydroxylation is 1. The van der Waals surface area contributed by atoms with Crippen LogP contribution in [-0.4, -0.2) is 56.2 Å². The first-order valence-electron chi connectivity index (χ1n) is 12.0. The van der Waals surface area contributed by atoms with Gasteiger partial charge >= 0.3 is 11.9 Å². The summed E-state index contributed by atoms with van der Waals surface area (Å²) in [7, 11) is 6.37. The largest absolute Gasteiger partial charge is 0.493 e. The van der Waals surface area contributed by atoms with E-state index in [-0.39, 0.29) is 25.1 Å². The second-order valence-corrected chi connectivity index (χ2v) is 9.34. The quantitative estimate of drug-likeness (QED) is 0.447. The van der Waals surface area contributed by atoms with Crippen molar-refractivity contribution in [2.24, 2.45) is 18.9 Å². The predicted molar refractivity (Wildman–Crippen MR) is 130 cm³/mol. The van der Waals surface area contributed by atoms with Crippen molar-refractivity contribution in [2.75, 3.05) is 34.7 Å². The van der Waals surface area contributed by atoms with Crippen molar-refractivity contribution in [3.63, 3.8) is 0 Å². The Bertz CT molecular complexity index is 1410. The molecule has 4 atom stereocenters. The summed E-state index contributed by atoms with van der Waals surface area (Å²) >= 11 is 0. The number of carbonyl (C=O) groups is 2. The van der Waals surface area contributed by atoms with Crippen molar-refractivity contribution in [1.82, 2.24) is 9.55 Å². The zero-order chi connectivity index (χ0) is 26.6. The van der Waals surface area contributed by atoms with Gasteiger partial charge in [-0.2, -0.15) is 0 Å². The second-order valence-electron chi connectivity index (χ2n) is 9.34. The maximum absolute atomic E-state index is 13.3. The maximum Gasteiger partial charge on any atom is 0.359 e. The van der Waals surface area contributed by atoms with Crippen LogP contribution >= 0.6 is 0 Å². The number of rotatable bonds is 6. The Morgan fingerprint density at radius 1 is 0.974 bits per heavy atom. The molecule has 0 N–H and O–H groups in total. The van der Waals surface area contributed by atoms with Gasteiger partial charge in [0.2, 0.25) is 12.5 Å². The van der Waals surface area contributed by atoms with Crippen LogP contribution in [0.3, 0.4) is 0 Å². The fourth-order valence-corrected chi connectivity index (χ4v) is 5.64. The molecule has 11 heteroatoms. The molecular weight excluding hydrogens is 496 g/mol. The molecule has 0 unspecified atom stereocenters. The van der Waals surface area contributed by atoms with Crippen LogP contribution in [0.4, 0.5) is 0 Å². The summed E-state index contributed by atoms with van der Waals surface area (Å²) < 4.78 is 41.3. The SMILES string of the molecule is COc1cc([C@@H]2c3cc4c(cc3[C@H](OC(=O)c3cn(C)cn3)[C@H]3COC(=O)[C@H]23)OCO4)cc(OC)c1OC. The first kappa shape index (κ1) is 24.0. The third-order valence-electron chi connectivity index (χ3n) is 7.31. The molecule has 1 aliphatic carbocycles. The first-order chi connectivity index (χ1) is 18.4. The van der Waals surface area contributed by atoms with E-state index in [0.717, 1.165) is 11.1 Å². The number of ether oxygens (including phenoxy) is 7. The number of methoxy groups -OCH3 is 3. The summed E-state index contributed by atoms with van der Waals surface area (Å²) in [6.45, 7) is 0.166. The van der Waals surface area contributed by atoms with Crippen molar-refractivity contribution < 1.29 is 42.7 Å². The fourth-order valence-electron chi connectivity index (χ4n) is 5.64. The average molecular weight is 523 g/mol. The van der Waals surface area contributed by atoms with E-state index in [2.05, 4.69) is 4.98 Å². The van der Waals surface area contributed by atoms with Crippen molar-refractivity contribution in [1.29, 1.82) is 0 Å². The Hall–Kier alpha value is -4.41. The molecule has 1 saturated heterocycles. The summed E-state index contributed by atoms with van der Waals surface area (Å²) in [6.07, 6.45) is 2.33. The van der Waals surface area contributed by atoms with E-state index < -0.39 is 29.8 Å². The van der Waals surface area contributed by atoms with Gasteiger partial charge < -0.3 is 37.7 Å². The molecule has 38 heavy (non-hydrogen) atoms. The lowest BCUT2D eigenvalue weighted by molar-refractivity contribution is -0.141. The van der Waals surface area contributed by atoms with Crippen LogP contribution in [0.15, 0.2) is 36.8 Å². The lowest BCUT2D eigenvalue weighted by Crippen LogP contribution is -2.36. The van der Waals surface area contributed by atoms with Crippen LogP contribution in [0, 0.1) is 11.8 Å². The molecule has 198 valence electrons. The Morgan fingerprint density at radius 2 is 1.66 bits per heavy atom. The van der Waals surface area contributed by atoms with Gasteiger partial charge in [-0.1, -0.05) is 0 Å². The first-order valence-corrected chi connectivity index (χ1v) is 12.0. The zero-order valence-electron chi connectivity index (χ0n) is 21.3. The highest BCUT2D eigenvalue weighted by molar-refractivity contribution is 5.87. The molecule has 3 aliphatic rings. The number of fused-ring (bicyclic) bond motifs is 3. The standard InChI is InChI=1S/C27H26N2O9/c1-29-9-17(28-11-29)26(30)38-24-15-8-19-18(36-12-37-19)7-14(15)22(23-16(24)10-35-27(23)31)13-5-20(32-2)25(34-4)21(6-13)33-3/h5-9,11,16,22-24H,10,12H2,1-4H3/t16-,22+,23-,24-/m0/s1. The zero-order valence-corrected chi connectivity index (χ0v) is 21.3. The predicted octanol–water partition coefficient (Wildman–Crippen LogP) is 3.01. The van der Waals surface area contributed by atoms with Crippen molar-refractivity contribution in [3.05, 3.63) is 59.2 Å². The van der Waals surface area contributed by atoms with E-state index in [1.165, 1.54) is 27.7 Å². The highest BCUT2D eigenvalue weighted by atomic mass is 16.7. The number of hydrogen-bond donors (Lipinski definition) is 0. The van der Waals surface area contributed by atoms with Gasteiger partial charge in [-0.15, -0.1) is 0 Å². The van der Waals surface area contributed by atoms with E-state index in [9.17, 15) is 9.59 Å². The number of esters is 2. The minimum atomic E-state index is -0.774. The third-order valence-corrected chi connectivity index (χ3v) is 7.31. The highest BCUT2D eigenvalue weighted by Crippen LogP contribution is 2.56. The lowest BCUT2D eigenvalue weighted by Gasteiger charge is -2.38. The second kappa shape index (κ2) is 9.16. The molecule has 2 aliphatic heterocycles. The number of carbonyl (C=O) groups excluding carboxylic acids is 2. The van der Waals surface area contributed by atoms with Gasteiger partial charge in [0.1, 0.15) is 6.10 Å². The summed E-state index contributed by atoms with van der Waals surface area (Å²) in [5.74, 6) is -0.118. The molecule has 6 rings (SSSR count). The summed E-state index contributed by atoms with van der Waals surface area (Å²) in [4.78, 5) is 30.5. The Balaban J connectivity index is 1.52. The van der Waals surface area contributed by atoms with Gasteiger partial charge in [0.15, 0.2) is 28.7 Å². The molecule has 1 aromatic heterocycles. The number of imidazole rings is 1. The Morgan fingerprint density at radius 3 is 2.26 bits per heavy atom. The van der Waals surface area contributed by atoms with E-state index in [1.807, 2.05) is 24.3 Å². The minimum Gasteiger partial charge on any atom is -0.493 e. The van der Waals surface area contributed by atoms with Crippen LogP contribution in [-0.2, 0) is 21.3 Å². The van der Waals surface area contributed by atoms with Gasteiger partial charge in [0.25, 0.3) is 0 Å². The van der Waals surface area contributed by atoms with Gasteiger partial charge in [-0.25, -0.2) is 9.78 Å². The number of aromatic nitrogens is 2. The maximum atomic E-state index is 13.3. The van der Waals surface area contributed by atoms with Crippen LogP contribution in [0.25, 0.3) is 0 Å². The molecule has 3 aromatic rings. The monoisotopic (exact) mass is 522 g/mol. The number of benzene rings is 2. The normalized spacial score (nSPS) is 22.8. The molecule has 1 fully saturated rings. The van der Waals surface area contributed by atoms with Gasteiger partial charge in [-0.05, 0) is 35.4 Å². The van der Waals surface area contributed by atoms with Gasteiger partial charge in [-0.3, -0.25) is 4.79 Å². The van der Waals surface area contributed by atoms with Crippen molar-refractivity contribution in [3.8, 4) is 28.7 Å². The molecule has 2 aromatic carbocycles. The summed E-state index contributed by atoms with van der Waals surface area (Å²) in [5, 5.41) is 0. The van der Waals surface area contributed by atoms with Crippen LogP contribution in [0.5, 0.6) is 28.7 Å². The van der Waals surface area contributed by atoms with E-state index in [1.54, 1.807) is 17.8 Å². The minimum absolute atomic E-state index is 0.0698.